The maximum Gasteiger partial charge on any atom is 0.305 e. The van der Waals surface area contributed by atoms with Gasteiger partial charge in [-0.15, -0.1) is 0 Å². The molecule has 3 N–H and O–H groups in total. The lowest BCUT2D eigenvalue weighted by Gasteiger charge is -2.34. The van der Waals surface area contributed by atoms with Crippen LogP contribution < -0.4 is 5.73 Å². The van der Waals surface area contributed by atoms with Crippen LogP contribution in [0, 0.1) is 5.41 Å². The van der Waals surface area contributed by atoms with Crippen LogP contribution in [-0.2, 0) is 14.3 Å². The normalized spacial score (nSPS) is 18.6. The first kappa shape index (κ1) is 17.9. The molecule has 1 fully saturated rings. The van der Waals surface area contributed by atoms with E-state index in [1.54, 1.807) is 0 Å². The highest BCUT2D eigenvalue weighted by Crippen LogP contribution is 2.22. The van der Waals surface area contributed by atoms with Gasteiger partial charge in [-0.2, -0.15) is 0 Å². The van der Waals surface area contributed by atoms with Gasteiger partial charge in [0.2, 0.25) is 5.91 Å². The molecule has 0 saturated carbocycles. The van der Waals surface area contributed by atoms with Crippen molar-refractivity contribution in [2.45, 2.75) is 58.6 Å². The van der Waals surface area contributed by atoms with Gasteiger partial charge < -0.3 is 20.5 Å². The molecule has 1 heterocycles. The van der Waals surface area contributed by atoms with Gasteiger partial charge in [0, 0.05) is 25.6 Å². The van der Waals surface area contributed by atoms with Crippen molar-refractivity contribution in [2.24, 2.45) is 11.1 Å². The van der Waals surface area contributed by atoms with E-state index in [1.165, 1.54) is 0 Å². The van der Waals surface area contributed by atoms with Crippen LogP contribution in [0.2, 0.25) is 0 Å². The summed E-state index contributed by atoms with van der Waals surface area (Å²) in [6.07, 6.45) is 1.98. The number of carbonyl (C=O) groups is 2. The number of amides is 1. The van der Waals surface area contributed by atoms with Crippen molar-refractivity contribution in [3.8, 4) is 0 Å². The highest BCUT2D eigenvalue weighted by Gasteiger charge is 2.28. The van der Waals surface area contributed by atoms with E-state index in [4.69, 9.17) is 15.6 Å². The summed E-state index contributed by atoms with van der Waals surface area (Å²) in [6.45, 7) is 7.66. The van der Waals surface area contributed by atoms with E-state index in [9.17, 15) is 9.59 Å². The van der Waals surface area contributed by atoms with E-state index in [1.807, 2.05) is 25.7 Å². The molecule has 0 radical (unpaired) electrons. The van der Waals surface area contributed by atoms with Gasteiger partial charge in [0.15, 0.2) is 0 Å². The Kier molecular flexibility index (Phi) is 6.61. The van der Waals surface area contributed by atoms with Crippen molar-refractivity contribution in [2.75, 3.05) is 19.7 Å². The lowest BCUT2D eigenvalue weighted by molar-refractivity contribution is -0.139. The molecule has 122 valence electrons. The van der Waals surface area contributed by atoms with E-state index >= 15 is 0 Å². The van der Waals surface area contributed by atoms with Crippen molar-refractivity contribution >= 4 is 11.9 Å². The molecule has 1 aliphatic heterocycles. The zero-order valence-electron chi connectivity index (χ0n) is 13.3. The van der Waals surface area contributed by atoms with Gasteiger partial charge >= 0.3 is 5.97 Å². The van der Waals surface area contributed by atoms with E-state index in [-0.39, 0.29) is 36.5 Å². The van der Waals surface area contributed by atoms with Gasteiger partial charge in [0.25, 0.3) is 0 Å². The number of hydrogen-bond acceptors (Lipinski definition) is 4. The Morgan fingerprint density at radius 1 is 1.33 bits per heavy atom. The minimum Gasteiger partial charge on any atom is -0.481 e. The number of carboxylic acid groups (broad SMARTS) is 1. The van der Waals surface area contributed by atoms with Crippen molar-refractivity contribution in [1.82, 2.24) is 4.90 Å². The third-order valence-corrected chi connectivity index (χ3v) is 3.97. The summed E-state index contributed by atoms with van der Waals surface area (Å²) in [5.74, 6) is -0.750. The predicted molar refractivity (Wildman–Crippen MR) is 79.9 cm³/mol. The lowest BCUT2D eigenvalue weighted by atomic mass is 9.85. The minimum atomic E-state index is -0.848. The molecule has 6 heteroatoms. The zero-order chi connectivity index (χ0) is 16.0. The monoisotopic (exact) mass is 300 g/mol. The fourth-order valence-corrected chi connectivity index (χ4v) is 2.21. The number of rotatable bonds is 6. The number of nitrogens with zero attached hydrogens (tertiary/aromatic N) is 1. The van der Waals surface area contributed by atoms with Crippen molar-refractivity contribution in [1.29, 1.82) is 0 Å². The second-order valence-corrected chi connectivity index (χ2v) is 6.77. The molecule has 1 amide bonds. The molecule has 1 aliphatic rings. The van der Waals surface area contributed by atoms with E-state index < -0.39 is 5.97 Å². The third kappa shape index (κ3) is 6.44. The van der Waals surface area contributed by atoms with Crippen LogP contribution in [0.1, 0.15) is 46.5 Å². The molecule has 0 aromatic carbocycles. The highest BCUT2D eigenvalue weighted by molar-refractivity contribution is 5.77. The lowest BCUT2D eigenvalue weighted by Crippen LogP contribution is -2.45. The maximum atomic E-state index is 12.2. The van der Waals surface area contributed by atoms with Crippen LogP contribution in [-0.4, -0.2) is 53.7 Å². The maximum absolute atomic E-state index is 12.2. The standard InChI is InChI=1S/C15H28N2O4/c1-15(2,3)12(16)10-13(18)17-7-4-11(5-8-17)21-9-6-14(19)20/h11-12H,4-10,16H2,1-3H3,(H,19,20). The number of ether oxygens (including phenoxy) is 1. The number of piperidine rings is 1. The van der Waals surface area contributed by atoms with Crippen molar-refractivity contribution in [3.05, 3.63) is 0 Å². The second kappa shape index (κ2) is 7.75. The summed E-state index contributed by atoms with van der Waals surface area (Å²) < 4.78 is 5.51. The first-order valence-electron chi connectivity index (χ1n) is 7.57. The average Bonchev–Trinajstić information content (AvgIpc) is 2.37. The van der Waals surface area contributed by atoms with Crippen LogP contribution in [0.25, 0.3) is 0 Å². The topological polar surface area (TPSA) is 92.9 Å². The van der Waals surface area contributed by atoms with Gasteiger partial charge in [-0.05, 0) is 18.3 Å². The molecule has 0 aliphatic carbocycles. The number of aliphatic carboxylic acids is 1. The number of hydrogen-bond donors (Lipinski definition) is 2. The molecule has 1 unspecified atom stereocenters. The summed E-state index contributed by atoms with van der Waals surface area (Å²) >= 11 is 0. The SMILES string of the molecule is CC(C)(C)C(N)CC(=O)N1CCC(OCCC(=O)O)CC1. The molecule has 0 spiro atoms. The second-order valence-electron chi connectivity index (χ2n) is 6.77. The Morgan fingerprint density at radius 3 is 2.38 bits per heavy atom. The van der Waals surface area contributed by atoms with E-state index in [0.717, 1.165) is 12.8 Å². The Labute approximate surface area is 126 Å². The van der Waals surface area contributed by atoms with Crippen LogP contribution in [0.5, 0.6) is 0 Å². The molecule has 0 aromatic heterocycles. The number of carboxylic acids is 1. The number of carbonyl (C=O) groups excluding carboxylic acids is 1. The number of nitrogens with two attached hydrogens (primary N) is 1. The smallest absolute Gasteiger partial charge is 0.305 e. The van der Waals surface area contributed by atoms with Crippen LogP contribution in [0.4, 0.5) is 0 Å². The van der Waals surface area contributed by atoms with Gasteiger partial charge in [-0.1, -0.05) is 20.8 Å². The molecule has 1 rings (SSSR count). The fraction of sp³-hybridized carbons (Fsp3) is 0.867. The number of likely N-dealkylation sites (tertiary alicyclic amines) is 1. The molecule has 21 heavy (non-hydrogen) atoms. The minimum absolute atomic E-state index is 0.0274. The molecule has 1 atom stereocenters. The van der Waals surface area contributed by atoms with Gasteiger partial charge in [0.05, 0.1) is 19.1 Å². The average molecular weight is 300 g/mol. The predicted octanol–water partition coefficient (Wildman–Crippen LogP) is 1.23. The Hall–Kier alpha value is -1.14. The Bertz CT molecular complexity index is 357. The van der Waals surface area contributed by atoms with Crippen LogP contribution in [0.15, 0.2) is 0 Å². The van der Waals surface area contributed by atoms with E-state index in [0.29, 0.717) is 19.5 Å². The van der Waals surface area contributed by atoms with Crippen LogP contribution >= 0.6 is 0 Å². The summed E-state index contributed by atoms with van der Waals surface area (Å²) in [7, 11) is 0. The molecule has 1 saturated heterocycles. The van der Waals surface area contributed by atoms with Crippen molar-refractivity contribution in [3.63, 3.8) is 0 Å². The summed E-state index contributed by atoms with van der Waals surface area (Å²) in [5, 5.41) is 8.56. The summed E-state index contributed by atoms with van der Waals surface area (Å²) in [4.78, 5) is 24.4. The Morgan fingerprint density at radius 2 is 1.90 bits per heavy atom. The van der Waals surface area contributed by atoms with Gasteiger partial charge in [-0.25, -0.2) is 0 Å². The molecule has 6 nitrogen and oxygen atoms in total. The molecular formula is C15H28N2O4. The third-order valence-electron chi connectivity index (χ3n) is 3.97. The highest BCUT2D eigenvalue weighted by atomic mass is 16.5. The van der Waals surface area contributed by atoms with Crippen LogP contribution in [0.3, 0.4) is 0 Å². The Balaban J connectivity index is 2.29. The zero-order valence-corrected chi connectivity index (χ0v) is 13.3. The quantitative estimate of drug-likeness (QED) is 0.769. The van der Waals surface area contributed by atoms with Gasteiger partial charge in [0.1, 0.15) is 0 Å². The first-order chi connectivity index (χ1) is 9.70. The van der Waals surface area contributed by atoms with E-state index in [2.05, 4.69) is 0 Å². The molecule has 0 aromatic rings. The van der Waals surface area contributed by atoms with Crippen molar-refractivity contribution < 1.29 is 19.4 Å². The summed E-state index contributed by atoms with van der Waals surface area (Å²) in [5.41, 5.74) is 5.98. The first-order valence-corrected chi connectivity index (χ1v) is 7.57. The molecule has 0 bridgehead atoms. The fourth-order valence-electron chi connectivity index (χ4n) is 2.21. The summed E-state index contributed by atoms with van der Waals surface area (Å²) in [6, 6.07) is -0.144. The molecular weight excluding hydrogens is 272 g/mol. The largest absolute Gasteiger partial charge is 0.481 e. The van der Waals surface area contributed by atoms with Gasteiger partial charge in [-0.3, -0.25) is 9.59 Å².